The Balaban J connectivity index is 1.84. The van der Waals surface area contributed by atoms with Gasteiger partial charge in [0, 0.05) is 36.2 Å². The fourth-order valence-electron chi connectivity index (χ4n) is 2.49. The van der Waals surface area contributed by atoms with Crippen LogP contribution in [0.3, 0.4) is 0 Å². The summed E-state index contributed by atoms with van der Waals surface area (Å²) in [5, 5.41) is 5.67. The summed E-state index contributed by atoms with van der Waals surface area (Å²) in [6.45, 7) is 2.14. The van der Waals surface area contributed by atoms with Crippen molar-refractivity contribution < 1.29 is 19.1 Å². The Bertz CT molecular complexity index is 747. The molecule has 0 aliphatic carbocycles. The molecule has 2 rings (SSSR count). The van der Waals surface area contributed by atoms with Crippen molar-refractivity contribution in [2.45, 2.75) is 25.9 Å². The Labute approximate surface area is 153 Å². The van der Waals surface area contributed by atoms with Gasteiger partial charge in [0.15, 0.2) is 0 Å². The quantitative estimate of drug-likeness (QED) is 0.762. The molecule has 0 bridgehead atoms. The number of hydrogen-bond donors (Lipinski definition) is 2. The van der Waals surface area contributed by atoms with Gasteiger partial charge < -0.3 is 20.1 Å². The molecule has 2 amide bonds. The molecule has 0 fully saturated rings. The lowest BCUT2D eigenvalue weighted by Crippen LogP contribution is -2.37. The number of methoxy groups -OCH3 is 2. The molecule has 6 heteroatoms. The van der Waals surface area contributed by atoms with Crippen molar-refractivity contribution in [2.75, 3.05) is 14.2 Å². The van der Waals surface area contributed by atoms with Crippen molar-refractivity contribution in [3.05, 3.63) is 59.7 Å². The largest absolute Gasteiger partial charge is 0.497 e. The maximum atomic E-state index is 12.1. The number of amides is 2. The Hall–Kier alpha value is -3.02. The second-order valence-electron chi connectivity index (χ2n) is 5.90. The van der Waals surface area contributed by atoms with Crippen LogP contribution in [0.5, 0.6) is 11.5 Å². The molecule has 0 saturated carbocycles. The summed E-state index contributed by atoms with van der Waals surface area (Å²) in [6.07, 6.45) is 0.192. The lowest BCUT2D eigenvalue weighted by molar-refractivity contribution is -0.121. The van der Waals surface area contributed by atoms with Crippen LogP contribution in [0.4, 0.5) is 0 Å². The minimum absolute atomic E-state index is 0.149. The van der Waals surface area contributed by atoms with E-state index in [0.29, 0.717) is 23.6 Å². The summed E-state index contributed by atoms with van der Waals surface area (Å²) in [6, 6.07) is 14.1. The average Bonchev–Trinajstić information content (AvgIpc) is 2.66. The van der Waals surface area contributed by atoms with Crippen LogP contribution >= 0.6 is 0 Å². The summed E-state index contributed by atoms with van der Waals surface area (Å²) in [5.74, 6) is 0.996. The van der Waals surface area contributed by atoms with E-state index in [1.54, 1.807) is 51.5 Å². The van der Waals surface area contributed by atoms with E-state index in [4.69, 9.17) is 9.47 Å². The van der Waals surface area contributed by atoms with E-state index in [9.17, 15) is 9.59 Å². The molecule has 0 aliphatic heterocycles. The van der Waals surface area contributed by atoms with E-state index in [1.165, 1.54) is 0 Å². The zero-order valence-electron chi connectivity index (χ0n) is 15.2. The number of nitrogens with one attached hydrogen (secondary N) is 2. The molecule has 2 aromatic carbocycles. The number of carbonyl (C=O) groups excluding carboxylic acids is 2. The lowest BCUT2D eigenvalue weighted by Gasteiger charge is -2.15. The molecule has 0 saturated heterocycles. The van der Waals surface area contributed by atoms with Gasteiger partial charge in [0.05, 0.1) is 14.2 Å². The molecule has 0 aliphatic rings. The summed E-state index contributed by atoms with van der Waals surface area (Å²) < 4.78 is 10.5. The van der Waals surface area contributed by atoms with Crippen LogP contribution in [0.1, 0.15) is 29.3 Å². The zero-order valence-corrected chi connectivity index (χ0v) is 15.2. The first-order valence-corrected chi connectivity index (χ1v) is 8.37. The Morgan fingerprint density at radius 1 is 1.04 bits per heavy atom. The third-order valence-corrected chi connectivity index (χ3v) is 3.88. The molecule has 2 N–H and O–H groups in total. The molecular formula is C20H24N2O4. The van der Waals surface area contributed by atoms with Gasteiger partial charge in [0.25, 0.3) is 5.91 Å². The Morgan fingerprint density at radius 3 is 2.42 bits per heavy atom. The molecule has 26 heavy (non-hydrogen) atoms. The van der Waals surface area contributed by atoms with Gasteiger partial charge >= 0.3 is 0 Å². The van der Waals surface area contributed by atoms with Gasteiger partial charge in [-0.1, -0.05) is 18.2 Å². The van der Waals surface area contributed by atoms with Crippen LogP contribution in [-0.4, -0.2) is 32.1 Å². The van der Waals surface area contributed by atoms with E-state index >= 15 is 0 Å². The van der Waals surface area contributed by atoms with Crippen molar-refractivity contribution >= 4 is 11.8 Å². The molecule has 6 nitrogen and oxygen atoms in total. The maximum absolute atomic E-state index is 12.1. The van der Waals surface area contributed by atoms with Crippen LogP contribution in [-0.2, 0) is 11.3 Å². The van der Waals surface area contributed by atoms with Crippen molar-refractivity contribution in [3.63, 3.8) is 0 Å². The summed E-state index contributed by atoms with van der Waals surface area (Å²) in [5.41, 5.74) is 1.42. The summed E-state index contributed by atoms with van der Waals surface area (Å²) in [7, 11) is 3.16. The number of hydrogen-bond acceptors (Lipinski definition) is 4. The first kappa shape index (κ1) is 19.3. The summed E-state index contributed by atoms with van der Waals surface area (Å²) >= 11 is 0. The molecule has 0 heterocycles. The van der Waals surface area contributed by atoms with Gasteiger partial charge in [-0.25, -0.2) is 0 Å². The van der Waals surface area contributed by atoms with E-state index in [-0.39, 0.29) is 24.3 Å². The smallest absolute Gasteiger partial charge is 0.251 e. The molecule has 138 valence electrons. The second-order valence-corrected chi connectivity index (χ2v) is 5.90. The predicted octanol–water partition coefficient (Wildman–Crippen LogP) is 2.53. The molecule has 2 aromatic rings. The highest BCUT2D eigenvalue weighted by Gasteiger charge is 2.14. The first-order chi connectivity index (χ1) is 12.5. The predicted molar refractivity (Wildman–Crippen MR) is 99.4 cm³/mol. The minimum atomic E-state index is -0.277. The molecule has 0 spiro atoms. The van der Waals surface area contributed by atoms with Gasteiger partial charge in [-0.05, 0) is 31.2 Å². The number of benzene rings is 2. The second kappa shape index (κ2) is 9.46. The Morgan fingerprint density at radius 2 is 1.77 bits per heavy atom. The fraction of sp³-hybridized carbons (Fsp3) is 0.300. The van der Waals surface area contributed by atoms with E-state index in [0.717, 1.165) is 5.56 Å². The minimum Gasteiger partial charge on any atom is -0.497 e. The third-order valence-electron chi connectivity index (χ3n) is 3.88. The van der Waals surface area contributed by atoms with Gasteiger partial charge in [-0.15, -0.1) is 0 Å². The Kier molecular flexibility index (Phi) is 7.02. The average molecular weight is 356 g/mol. The van der Waals surface area contributed by atoms with Crippen LogP contribution in [0.15, 0.2) is 48.5 Å². The van der Waals surface area contributed by atoms with E-state index in [1.807, 2.05) is 18.2 Å². The highest BCUT2D eigenvalue weighted by atomic mass is 16.5. The summed E-state index contributed by atoms with van der Waals surface area (Å²) in [4.78, 5) is 24.2. The van der Waals surface area contributed by atoms with Crippen LogP contribution in [0, 0.1) is 0 Å². The highest BCUT2D eigenvalue weighted by Crippen LogP contribution is 2.24. The third kappa shape index (κ3) is 5.51. The van der Waals surface area contributed by atoms with Crippen molar-refractivity contribution in [1.82, 2.24) is 10.6 Å². The SMILES string of the molecule is COc1ccc(CNC(=O)CC(C)NC(=O)c2ccccc2)c(OC)c1. The van der Waals surface area contributed by atoms with Gasteiger partial charge in [-0.2, -0.15) is 0 Å². The highest BCUT2D eigenvalue weighted by molar-refractivity contribution is 5.94. The standard InChI is InChI=1S/C20H24N2O4/c1-14(22-20(24)15-7-5-4-6-8-15)11-19(23)21-13-16-9-10-17(25-2)12-18(16)26-3/h4-10,12,14H,11,13H2,1-3H3,(H,21,23)(H,22,24). The molecule has 0 aromatic heterocycles. The maximum Gasteiger partial charge on any atom is 0.251 e. The first-order valence-electron chi connectivity index (χ1n) is 8.37. The zero-order chi connectivity index (χ0) is 18.9. The van der Waals surface area contributed by atoms with Crippen molar-refractivity contribution in [1.29, 1.82) is 0 Å². The molecule has 1 unspecified atom stereocenters. The lowest BCUT2D eigenvalue weighted by atomic mass is 10.1. The fourth-order valence-corrected chi connectivity index (χ4v) is 2.49. The van der Waals surface area contributed by atoms with Crippen LogP contribution in [0.2, 0.25) is 0 Å². The molecule has 0 radical (unpaired) electrons. The van der Waals surface area contributed by atoms with E-state index in [2.05, 4.69) is 10.6 Å². The van der Waals surface area contributed by atoms with Gasteiger partial charge in [0.1, 0.15) is 11.5 Å². The normalized spacial score (nSPS) is 11.3. The van der Waals surface area contributed by atoms with Gasteiger partial charge in [0.2, 0.25) is 5.91 Å². The van der Waals surface area contributed by atoms with Crippen LogP contribution < -0.4 is 20.1 Å². The molecule has 1 atom stereocenters. The van der Waals surface area contributed by atoms with E-state index < -0.39 is 0 Å². The number of carbonyl (C=O) groups is 2. The van der Waals surface area contributed by atoms with Crippen LogP contribution in [0.25, 0.3) is 0 Å². The number of rotatable bonds is 8. The monoisotopic (exact) mass is 356 g/mol. The number of ether oxygens (including phenoxy) is 2. The van der Waals surface area contributed by atoms with Gasteiger partial charge in [-0.3, -0.25) is 9.59 Å². The molecular weight excluding hydrogens is 332 g/mol. The van der Waals surface area contributed by atoms with Crippen molar-refractivity contribution in [2.24, 2.45) is 0 Å². The van der Waals surface area contributed by atoms with Crippen molar-refractivity contribution in [3.8, 4) is 11.5 Å². The topological polar surface area (TPSA) is 76.7 Å².